The number of fused-ring (bicyclic) bond motifs is 1. The number of alkyl halides is 1. The van der Waals surface area contributed by atoms with Crippen molar-refractivity contribution in [3.8, 4) is 11.5 Å². The third-order valence-electron chi connectivity index (χ3n) is 3.85. The van der Waals surface area contributed by atoms with Crippen molar-refractivity contribution >= 4 is 23.4 Å². The molecule has 0 unspecified atom stereocenters. The first-order valence-corrected chi connectivity index (χ1v) is 7.75. The monoisotopic (exact) mass is 324 g/mol. The summed E-state index contributed by atoms with van der Waals surface area (Å²) in [7, 11) is 0. The van der Waals surface area contributed by atoms with Gasteiger partial charge in [0.25, 0.3) is 5.91 Å². The zero-order valence-electron chi connectivity index (χ0n) is 12.1. The van der Waals surface area contributed by atoms with Crippen LogP contribution in [-0.2, 0) is 4.79 Å². The molecule has 0 bridgehead atoms. The molecule has 3 rings (SSSR count). The average molecular weight is 325 g/mol. The highest BCUT2D eigenvalue weighted by atomic mass is 35.5. The summed E-state index contributed by atoms with van der Waals surface area (Å²) in [5.41, 5.74) is 0.574. The van der Waals surface area contributed by atoms with Crippen molar-refractivity contribution in [2.24, 2.45) is 0 Å². The summed E-state index contributed by atoms with van der Waals surface area (Å²) >= 11 is 5.59. The number of nitrogens with zero attached hydrogens (tertiary/aromatic N) is 2. The second kappa shape index (κ2) is 6.44. The van der Waals surface area contributed by atoms with E-state index in [2.05, 4.69) is 0 Å². The largest absolute Gasteiger partial charge is 0.454 e. The van der Waals surface area contributed by atoms with E-state index in [1.54, 1.807) is 28.0 Å². The summed E-state index contributed by atoms with van der Waals surface area (Å²) in [6.07, 6.45) is 0.345. The van der Waals surface area contributed by atoms with E-state index in [-0.39, 0.29) is 18.6 Å². The van der Waals surface area contributed by atoms with Crippen LogP contribution in [0.4, 0.5) is 0 Å². The molecule has 7 heteroatoms. The molecule has 0 spiro atoms. The molecule has 22 heavy (non-hydrogen) atoms. The summed E-state index contributed by atoms with van der Waals surface area (Å²) < 4.78 is 10.5. The van der Waals surface area contributed by atoms with Gasteiger partial charge in [0.15, 0.2) is 11.5 Å². The van der Waals surface area contributed by atoms with Gasteiger partial charge in [-0.25, -0.2) is 0 Å². The van der Waals surface area contributed by atoms with Crippen LogP contribution in [-0.4, -0.2) is 60.5 Å². The van der Waals surface area contributed by atoms with Crippen LogP contribution in [0.2, 0.25) is 0 Å². The van der Waals surface area contributed by atoms with Crippen LogP contribution in [0.25, 0.3) is 0 Å². The van der Waals surface area contributed by atoms with E-state index in [9.17, 15) is 9.59 Å². The van der Waals surface area contributed by atoms with E-state index in [0.29, 0.717) is 55.5 Å². The SMILES string of the molecule is O=C(CCCl)N1CCN(C(=O)c2ccc3c(c2)OCO3)CC1. The second-order valence-electron chi connectivity index (χ2n) is 5.18. The van der Waals surface area contributed by atoms with Gasteiger partial charge in [-0.15, -0.1) is 11.6 Å². The molecule has 0 radical (unpaired) electrons. The van der Waals surface area contributed by atoms with Crippen molar-refractivity contribution in [2.75, 3.05) is 38.9 Å². The lowest BCUT2D eigenvalue weighted by Gasteiger charge is -2.34. The minimum absolute atomic E-state index is 0.0465. The van der Waals surface area contributed by atoms with Crippen LogP contribution < -0.4 is 9.47 Å². The van der Waals surface area contributed by atoms with Gasteiger partial charge >= 0.3 is 0 Å². The van der Waals surface area contributed by atoms with Gasteiger partial charge in [-0.3, -0.25) is 9.59 Å². The zero-order chi connectivity index (χ0) is 15.5. The Bertz CT molecular complexity index is 585. The maximum Gasteiger partial charge on any atom is 0.254 e. The highest BCUT2D eigenvalue weighted by molar-refractivity contribution is 6.18. The Morgan fingerprint density at radius 3 is 2.45 bits per heavy atom. The van der Waals surface area contributed by atoms with Gasteiger partial charge in [0.1, 0.15) is 0 Å². The van der Waals surface area contributed by atoms with Crippen LogP contribution >= 0.6 is 11.6 Å². The summed E-state index contributed by atoms with van der Waals surface area (Å²) in [5, 5.41) is 0. The normalized spacial score (nSPS) is 16.8. The van der Waals surface area contributed by atoms with Crippen molar-refractivity contribution in [2.45, 2.75) is 6.42 Å². The molecule has 0 N–H and O–H groups in total. The molecular formula is C15H17ClN2O4. The van der Waals surface area contributed by atoms with Gasteiger partial charge in [-0.05, 0) is 18.2 Å². The first-order chi connectivity index (χ1) is 10.7. The Labute approximate surface area is 133 Å². The van der Waals surface area contributed by atoms with Crippen LogP contribution in [0, 0.1) is 0 Å². The molecule has 1 fully saturated rings. The summed E-state index contributed by atoms with van der Waals surface area (Å²) in [6, 6.07) is 5.19. The van der Waals surface area contributed by atoms with Gasteiger partial charge in [0, 0.05) is 44.0 Å². The molecule has 2 amide bonds. The molecular weight excluding hydrogens is 308 g/mol. The average Bonchev–Trinajstić information content (AvgIpc) is 3.02. The minimum atomic E-state index is -0.0530. The Hall–Kier alpha value is -1.95. The number of piperazine rings is 1. The fourth-order valence-electron chi connectivity index (χ4n) is 2.61. The van der Waals surface area contributed by atoms with E-state index in [1.807, 2.05) is 0 Å². The predicted molar refractivity (Wildman–Crippen MR) is 80.4 cm³/mol. The van der Waals surface area contributed by atoms with Gasteiger partial charge in [0.05, 0.1) is 0 Å². The highest BCUT2D eigenvalue weighted by Crippen LogP contribution is 2.32. The van der Waals surface area contributed by atoms with Gasteiger partial charge in [-0.1, -0.05) is 0 Å². The highest BCUT2D eigenvalue weighted by Gasteiger charge is 2.25. The number of carbonyl (C=O) groups is 2. The van der Waals surface area contributed by atoms with Crippen LogP contribution in [0.5, 0.6) is 11.5 Å². The predicted octanol–water partition coefficient (Wildman–Crippen LogP) is 1.33. The van der Waals surface area contributed by atoms with E-state index in [1.165, 1.54) is 0 Å². The number of halogens is 1. The Kier molecular flexibility index (Phi) is 4.38. The van der Waals surface area contributed by atoms with E-state index in [0.717, 1.165) is 0 Å². The number of hydrogen-bond donors (Lipinski definition) is 0. The molecule has 6 nitrogen and oxygen atoms in total. The lowest BCUT2D eigenvalue weighted by Crippen LogP contribution is -2.50. The topological polar surface area (TPSA) is 59.1 Å². The molecule has 0 aliphatic carbocycles. The molecule has 118 valence electrons. The molecule has 2 heterocycles. The maximum absolute atomic E-state index is 12.5. The van der Waals surface area contributed by atoms with Crippen molar-refractivity contribution in [1.82, 2.24) is 9.80 Å². The maximum atomic E-state index is 12.5. The number of ether oxygens (including phenoxy) is 2. The van der Waals surface area contributed by atoms with Crippen molar-refractivity contribution < 1.29 is 19.1 Å². The van der Waals surface area contributed by atoms with Crippen LogP contribution in [0.15, 0.2) is 18.2 Å². The first-order valence-electron chi connectivity index (χ1n) is 7.21. The van der Waals surface area contributed by atoms with Crippen molar-refractivity contribution in [3.05, 3.63) is 23.8 Å². The molecule has 1 saturated heterocycles. The molecule has 2 aliphatic rings. The summed E-state index contributed by atoms with van der Waals surface area (Å²) in [5.74, 6) is 1.58. The second-order valence-corrected chi connectivity index (χ2v) is 5.56. The quantitative estimate of drug-likeness (QED) is 0.787. The molecule has 2 aliphatic heterocycles. The van der Waals surface area contributed by atoms with Crippen molar-refractivity contribution in [1.29, 1.82) is 0 Å². The minimum Gasteiger partial charge on any atom is -0.454 e. The molecule has 0 saturated carbocycles. The fraction of sp³-hybridized carbons (Fsp3) is 0.467. The lowest BCUT2D eigenvalue weighted by atomic mass is 10.1. The van der Waals surface area contributed by atoms with E-state index < -0.39 is 0 Å². The molecule has 1 aromatic rings. The van der Waals surface area contributed by atoms with Crippen LogP contribution in [0.3, 0.4) is 0 Å². The van der Waals surface area contributed by atoms with E-state index in [4.69, 9.17) is 21.1 Å². The molecule has 0 aromatic heterocycles. The van der Waals surface area contributed by atoms with Gasteiger partial charge < -0.3 is 19.3 Å². The number of rotatable bonds is 3. The molecule has 0 atom stereocenters. The van der Waals surface area contributed by atoms with Gasteiger partial charge in [0.2, 0.25) is 12.7 Å². The zero-order valence-corrected chi connectivity index (χ0v) is 12.8. The lowest BCUT2D eigenvalue weighted by molar-refractivity contribution is -0.132. The number of carbonyl (C=O) groups excluding carboxylic acids is 2. The van der Waals surface area contributed by atoms with Gasteiger partial charge in [-0.2, -0.15) is 0 Å². The Morgan fingerprint density at radius 2 is 1.73 bits per heavy atom. The number of amides is 2. The third kappa shape index (κ3) is 2.97. The Balaban J connectivity index is 1.61. The van der Waals surface area contributed by atoms with E-state index >= 15 is 0 Å². The molecule has 1 aromatic carbocycles. The number of hydrogen-bond acceptors (Lipinski definition) is 4. The van der Waals surface area contributed by atoms with Crippen LogP contribution in [0.1, 0.15) is 16.8 Å². The Morgan fingerprint density at radius 1 is 1.05 bits per heavy atom. The standard InChI is InChI=1S/C15H17ClN2O4/c16-4-3-14(19)17-5-7-18(8-6-17)15(20)11-1-2-12-13(9-11)22-10-21-12/h1-2,9H,3-8,10H2. The summed E-state index contributed by atoms with van der Waals surface area (Å²) in [4.78, 5) is 27.8. The van der Waals surface area contributed by atoms with Crippen molar-refractivity contribution in [3.63, 3.8) is 0 Å². The third-order valence-corrected chi connectivity index (χ3v) is 4.04. The smallest absolute Gasteiger partial charge is 0.254 e. The first kappa shape index (κ1) is 15.0. The fourth-order valence-corrected chi connectivity index (χ4v) is 2.77. The summed E-state index contributed by atoms with van der Waals surface area (Å²) in [6.45, 7) is 2.34. The number of benzene rings is 1.